The predicted octanol–water partition coefficient (Wildman–Crippen LogP) is 4.39. The fourth-order valence-corrected chi connectivity index (χ4v) is 2.47. The lowest BCUT2D eigenvalue weighted by Gasteiger charge is -2.19. The van der Waals surface area contributed by atoms with Gasteiger partial charge in [-0.2, -0.15) is 31.4 Å². The topological polar surface area (TPSA) is 38.1 Å². The van der Waals surface area contributed by atoms with Gasteiger partial charge in [0.15, 0.2) is 5.69 Å². The highest BCUT2D eigenvalue weighted by Crippen LogP contribution is 2.35. The van der Waals surface area contributed by atoms with Gasteiger partial charge in [-0.25, -0.2) is 4.68 Å². The Morgan fingerprint density at radius 2 is 1.69 bits per heavy atom. The molecule has 2 rings (SSSR count). The van der Waals surface area contributed by atoms with E-state index in [0.717, 1.165) is 24.4 Å². The van der Waals surface area contributed by atoms with Gasteiger partial charge in [-0.1, -0.05) is 6.07 Å². The molecule has 2 aromatic rings. The number of amides is 1. The zero-order chi connectivity index (χ0) is 19.7. The number of benzene rings is 1. The Labute approximate surface area is 145 Å². The number of nitrogens with zero attached hydrogens (tertiary/aromatic N) is 3. The van der Waals surface area contributed by atoms with Crippen molar-refractivity contribution in [3.8, 4) is 5.69 Å². The molecule has 26 heavy (non-hydrogen) atoms. The first kappa shape index (κ1) is 19.8. The maximum absolute atomic E-state index is 13.5. The molecule has 0 aliphatic heterocycles. The molecule has 1 amide bonds. The van der Waals surface area contributed by atoms with Gasteiger partial charge < -0.3 is 4.90 Å². The third-order valence-corrected chi connectivity index (χ3v) is 3.74. The van der Waals surface area contributed by atoms with Gasteiger partial charge in [-0.3, -0.25) is 4.79 Å². The van der Waals surface area contributed by atoms with Crippen molar-refractivity contribution in [2.45, 2.75) is 26.2 Å². The van der Waals surface area contributed by atoms with E-state index in [9.17, 15) is 31.1 Å². The first-order valence-electron chi connectivity index (χ1n) is 7.62. The second-order valence-corrected chi connectivity index (χ2v) is 5.34. The largest absolute Gasteiger partial charge is 0.434 e. The Bertz CT molecular complexity index is 790. The van der Waals surface area contributed by atoms with E-state index in [1.54, 1.807) is 13.8 Å². The summed E-state index contributed by atoms with van der Waals surface area (Å²) in [5.41, 5.74) is -3.67. The van der Waals surface area contributed by atoms with Crippen molar-refractivity contribution >= 4 is 5.91 Å². The molecule has 0 bridgehead atoms. The second kappa shape index (κ2) is 7.00. The van der Waals surface area contributed by atoms with Gasteiger partial charge in [0.1, 0.15) is 0 Å². The highest BCUT2D eigenvalue weighted by Gasteiger charge is 2.41. The molecule has 0 saturated heterocycles. The summed E-state index contributed by atoms with van der Waals surface area (Å²) in [6.07, 6.45) is -8.98. The fraction of sp³-hybridized carbons (Fsp3) is 0.375. The monoisotopic (exact) mass is 379 g/mol. The zero-order valence-corrected chi connectivity index (χ0v) is 13.8. The van der Waals surface area contributed by atoms with E-state index in [-0.39, 0.29) is 13.1 Å². The number of alkyl halides is 6. The van der Waals surface area contributed by atoms with Crippen LogP contribution in [0.4, 0.5) is 26.3 Å². The van der Waals surface area contributed by atoms with E-state index in [0.29, 0.717) is 10.7 Å². The molecule has 0 saturated carbocycles. The SMILES string of the molecule is CCN(CC)C(=O)c1cnn(-c2cccc(C(F)(F)F)c2)c1C(F)(F)F. The fourth-order valence-electron chi connectivity index (χ4n) is 2.47. The van der Waals surface area contributed by atoms with Gasteiger partial charge in [-0.05, 0) is 32.0 Å². The minimum Gasteiger partial charge on any atom is -0.339 e. The molecule has 0 unspecified atom stereocenters. The molecular formula is C16H15F6N3O. The molecule has 1 aromatic heterocycles. The average molecular weight is 379 g/mol. The number of halogens is 6. The summed E-state index contributed by atoms with van der Waals surface area (Å²) in [5.74, 6) is -0.888. The molecule has 0 aliphatic rings. The van der Waals surface area contributed by atoms with Gasteiger partial charge in [0, 0.05) is 13.1 Å². The Hall–Kier alpha value is -2.52. The molecule has 0 spiro atoms. The van der Waals surface area contributed by atoms with E-state index in [1.807, 2.05) is 0 Å². The van der Waals surface area contributed by atoms with Gasteiger partial charge in [0.25, 0.3) is 5.91 Å². The third kappa shape index (κ3) is 3.83. The van der Waals surface area contributed by atoms with Crippen molar-refractivity contribution in [3.05, 3.63) is 47.3 Å². The molecule has 0 atom stereocenters. The molecule has 1 aromatic carbocycles. The first-order chi connectivity index (χ1) is 12.0. The van der Waals surface area contributed by atoms with Gasteiger partial charge >= 0.3 is 12.4 Å². The number of aromatic nitrogens is 2. The van der Waals surface area contributed by atoms with Crippen LogP contribution >= 0.6 is 0 Å². The van der Waals surface area contributed by atoms with Crippen LogP contribution in [-0.4, -0.2) is 33.7 Å². The molecule has 0 N–H and O–H groups in total. The van der Waals surface area contributed by atoms with Gasteiger partial charge in [-0.15, -0.1) is 0 Å². The van der Waals surface area contributed by atoms with Crippen LogP contribution in [-0.2, 0) is 12.4 Å². The Morgan fingerprint density at radius 1 is 1.08 bits per heavy atom. The van der Waals surface area contributed by atoms with Crippen LogP contribution in [0.25, 0.3) is 5.69 Å². The summed E-state index contributed by atoms with van der Waals surface area (Å²) in [4.78, 5) is 13.5. The van der Waals surface area contributed by atoms with Crippen molar-refractivity contribution in [2.24, 2.45) is 0 Å². The maximum Gasteiger partial charge on any atom is 0.434 e. The van der Waals surface area contributed by atoms with Crippen LogP contribution in [0.3, 0.4) is 0 Å². The van der Waals surface area contributed by atoms with E-state index in [1.165, 1.54) is 4.90 Å². The van der Waals surface area contributed by atoms with Crippen LogP contribution in [0.5, 0.6) is 0 Å². The highest BCUT2D eigenvalue weighted by molar-refractivity contribution is 5.95. The Morgan fingerprint density at radius 3 is 2.19 bits per heavy atom. The normalized spacial score (nSPS) is 12.3. The van der Waals surface area contributed by atoms with Crippen molar-refractivity contribution < 1.29 is 31.1 Å². The second-order valence-electron chi connectivity index (χ2n) is 5.34. The number of hydrogen-bond donors (Lipinski definition) is 0. The van der Waals surface area contributed by atoms with Crippen LogP contribution in [0, 0.1) is 0 Å². The Balaban J connectivity index is 2.63. The maximum atomic E-state index is 13.5. The molecule has 4 nitrogen and oxygen atoms in total. The number of carbonyl (C=O) groups excluding carboxylic acids is 1. The molecule has 142 valence electrons. The molecule has 0 fully saturated rings. The van der Waals surface area contributed by atoms with Crippen molar-refractivity contribution in [1.29, 1.82) is 0 Å². The quantitative estimate of drug-likeness (QED) is 0.739. The molecule has 10 heteroatoms. The summed E-state index contributed by atoms with van der Waals surface area (Å²) in [5, 5.41) is 3.53. The van der Waals surface area contributed by atoms with E-state index >= 15 is 0 Å². The summed E-state index contributed by atoms with van der Waals surface area (Å²) in [6, 6.07) is 3.32. The van der Waals surface area contributed by atoms with E-state index in [4.69, 9.17) is 0 Å². The lowest BCUT2D eigenvalue weighted by atomic mass is 10.1. The third-order valence-electron chi connectivity index (χ3n) is 3.74. The smallest absolute Gasteiger partial charge is 0.339 e. The lowest BCUT2D eigenvalue weighted by molar-refractivity contribution is -0.143. The molecular weight excluding hydrogens is 364 g/mol. The summed E-state index contributed by atoms with van der Waals surface area (Å²) < 4.78 is 79.4. The Kier molecular flexibility index (Phi) is 5.33. The average Bonchev–Trinajstić information content (AvgIpc) is 3.00. The van der Waals surface area contributed by atoms with Crippen molar-refractivity contribution in [3.63, 3.8) is 0 Å². The summed E-state index contributed by atoms with van der Waals surface area (Å²) in [6.45, 7) is 3.57. The summed E-state index contributed by atoms with van der Waals surface area (Å²) in [7, 11) is 0. The van der Waals surface area contributed by atoms with Crippen LogP contribution in [0.2, 0.25) is 0 Å². The number of carbonyl (C=O) groups is 1. The number of hydrogen-bond acceptors (Lipinski definition) is 2. The highest BCUT2D eigenvalue weighted by atomic mass is 19.4. The molecule has 1 heterocycles. The zero-order valence-electron chi connectivity index (χ0n) is 13.8. The predicted molar refractivity (Wildman–Crippen MR) is 80.8 cm³/mol. The van der Waals surface area contributed by atoms with Crippen molar-refractivity contribution in [1.82, 2.24) is 14.7 Å². The van der Waals surface area contributed by atoms with E-state index < -0.39 is 40.8 Å². The standard InChI is InChI=1S/C16H15F6N3O/c1-3-24(4-2)14(26)12-9-23-25(13(12)16(20,21)22)11-7-5-6-10(8-11)15(17,18)19/h5-9H,3-4H2,1-2H3. The first-order valence-corrected chi connectivity index (χ1v) is 7.62. The van der Waals surface area contributed by atoms with Crippen LogP contribution in [0.1, 0.15) is 35.5 Å². The summed E-state index contributed by atoms with van der Waals surface area (Å²) >= 11 is 0. The minimum atomic E-state index is -4.98. The van der Waals surface area contributed by atoms with Gasteiger partial charge in [0.05, 0.1) is 23.0 Å². The van der Waals surface area contributed by atoms with Gasteiger partial charge in [0.2, 0.25) is 0 Å². The van der Waals surface area contributed by atoms with Crippen molar-refractivity contribution in [2.75, 3.05) is 13.1 Å². The lowest BCUT2D eigenvalue weighted by Crippen LogP contribution is -2.32. The van der Waals surface area contributed by atoms with E-state index in [2.05, 4.69) is 5.10 Å². The molecule has 0 aliphatic carbocycles. The minimum absolute atomic E-state index is 0.182. The van der Waals surface area contributed by atoms with Crippen LogP contribution < -0.4 is 0 Å². The number of rotatable bonds is 4. The van der Waals surface area contributed by atoms with Crippen LogP contribution in [0.15, 0.2) is 30.5 Å². The molecule has 0 radical (unpaired) electrons.